The molecule has 110 valence electrons. The van der Waals surface area contributed by atoms with Gasteiger partial charge in [-0.15, -0.1) is 0 Å². The van der Waals surface area contributed by atoms with Crippen LogP contribution in [0.25, 0.3) is 0 Å². The van der Waals surface area contributed by atoms with Gasteiger partial charge in [-0.3, -0.25) is 9.59 Å². The van der Waals surface area contributed by atoms with Crippen molar-refractivity contribution in [2.24, 2.45) is 0 Å². The first-order valence-corrected chi connectivity index (χ1v) is 7.05. The topological polar surface area (TPSA) is 68.5 Å². The number of amides is 1. The van der Waals surface area contributed by atoms with E-state index in [1.54, 1.807) is 6.07 Å². The Morgan fingerprint density at radius 1 is 1.29 bits per heavy atom. The van der Waals surface area contributed by atoms with E-state index in [2.05, 4.69) is 26.0 Å². The zero-order chi connectivity index (χ0) is 15.2. The molecule has 1 unspecified atom stereocenters. The third kappa shape index (κ3) is 4.19. The number of esters is 1. The molecule has 2 rings (SSSR count). The van der Waals surface area contributed by atoms with Gasteiger partial charge in [0.1, 0.15) is 6.26 Å². The van der Waals surface area contributed by atoms with Gasteiger partial charge in [-0.25, -0.2) is 0 Å². The second-order valence-electron chi connectivity index (χ2n) is 4.37. The molecule has 1 aromatic heterocycles. The minimum atomic E-state index is -0.465. The Bertz CT molecular complexity index is 607. The van der Waals surface area contributed by atoms with E-state index in [0.29, 0.717) is 5.56 Å². The van der Waals surface area contributed by atoms with Gasteiger partial charge in [0.15, 0.2) is 0 Å². The molecule has 0 aliphatic carbocycles. The van der Waals surface area contributed by atoms with Crippen molar-refractivity contribution in [1.29, 1.82) is 0 Å². The number of methoxy groups -OCH3 is 1. The van der Waals surface area contributed by atoms with E-state index in [4.69, 9.17) is 4.42 Å². The van der Waals surface area contributed by atoms with Crippen LogP contribution in [0, 0.1) is 0 Å². The van der Waals surface area contributed by atoms with Crippen molar-refractivity contribution in [2.75, 3.05) is 7.11 Å². The molecule has 2 aromatic rings. The molecule has 1 atom stereocenters. The fourth-order valence-electron chi connectivity index (χ4n) is 1.83. The first-order valence-electron chi connectivity index (χ1n) is 6.25. The molecule has 0 spiro atoms. The van der Waals surface area contributed by atoms with Crippen LogP contribution in [0.5, 0.6) is 0 Å². The molecule has 0 fully saturated rings. The molecule has 1 heterocycles. The fourth-order valence-corrected chi connectivity index (χ4v) is 2.10. The zero-order valence-electron chi connectivity index (χ0n) is 11.3. The van der Waals surface area contributed by atoms with Crippen LogP contribution >= 0.6 is 15.9 Å². The van der Waals surface area contributed by atoms with E-state index >= 15 is 0 Å². The normalized spacial score (nSPS) is 11.7. The summed E-state index contributed by atoms with van der Waals surface area (Å²) in [5.41, 5.74) is 1.22. The van der Waals surface area contributed by atoms with Crippen LogP contribution in [-0.2, 0) is 9.53 Å². The monoisotopic (exact) mass is 351 g/mol. The molecule has 0 radical (unpaired) electrons. The van der Waals surface area contributed by atoms with Gasteiger partial charge in [-0.1, -0.05) is 28.1 Å². The second kappa shape index (κ2) is 7.08. The lowest BCUT2D eigenvalue weighted by molar-refractivity contribution is -0.141. The molecule has 0 aliphatic rings. The van der Waals surface area contributed by atoms with Gasteiger partial charge in [-0.2, -0.15) is 0 Å². The molecule has 0 saturated carbocycles. The number of carbonyl (C=O) groups excluding carboxylic acids is 2. The maximum absolute atomic E-state index is 12.1. The Balaban J connectivity index is 2.17. The molecule has 0 aliphatic heterocycles. The molecule has 1 amide bonds. The molecule has 0 saturated heterocycles. The van der Waals surface area contributed by atoms with E-state index < -0.39 is 12.0 Å². The summed E-state index contributed by atoms with van der Waals surface area (Å²) in [7, 11) is 1.32. The third-order valence-electron chi connectivity index (χ3n) is 2.96. The number of hydrogen-bond acceptors (Lipinski definition) is 4. The lowest BCUT2D eigenvalue weighted by Crippen LogP contribution is -2.30. The lowest BCUT2D eigenvalue weighted by Gasteiger charge is -2.18. The Morgan fingerprint density at radius 2 is 2.00 bits per heavy atom. The van der Waals surface area contributed by atoms with Gasteiger partial charge in [0.25, 0.3) is 5.91 Å². The van der Waals surface area contributed by atoms with Crippen molar-refractivity contribution in [3.05, 3.63) is 58.5 Å². The first kappa shape index (κ1) is 15.3. The lowest BCUT2D eigenvalue weighted by atomic mass is 10.0. The Morgan fingerprint density at radius 3 is 2.57 bits per heavy atom. The van der Waals surface area contributed by atoms with Crippen LogP contribution in [0.1, 0.15) is 28.4 Å². The van der Waals surface area contributed by atoms with E-state index in [-0.39, 0.29) is 12.3 Å². The number of furan rings is 1. The number of nitrogens with one attached hydrogen (secondary N) is 1. The van der Waals surface area contributed by atoms with Crippen LogP contribution in [0.3, 0.4) is 0 Å². The van der Waals surface area contributed by atoms with Crippen LogP contribution < -0.4 is 5.32 Å². The second-order valence-corrected chi connectivity index (χ2v) is 5.29. The standard InChI is InChI=1S/C15H14BrNO4/c1-20-14(18)8-13(10-2-4-12(16)5-3-10)17-15(19)11-6-7-21-9-11/h2-7,9,13H,8H2,1H3,(H,17,19). The van der Waals surface area contributed by atoms with Gasteiger partial charge >= 0.3 is 5.97 Å². The van der Waals surface area contributed by atoms with E-state index in [1.807, 2.05) is 24.3 Å². The third-order valence-corrected chi connectivity index (χ3v) is 3.49. The van der Waals surface area contributed by atoms with Crippen molar-refractivity contribution in [3.8, 4) is 0 Å². The van der Waals surface area contributed by atoms with E-state index in [9.17, 15) is 9.59 Å². The smallest absolute Gasteiger partial charge is 0.307 e. The Kier molecular flexibility index (Phi) is 5.16. The summed E-state index contributed by atoms with van der Waals surface area (Å²) in [6.45, 7) is 0. The number of halogens is 1. The van der Waals surface area contributed by atoms with Gasteiger partial charge in [-0.05, 0) is 23.8 Å². The number of rotatable bonds is 5. The first-order chi connectivity index (χ1) is 10.1. The highest BCUT2D eigenvalue weighted by atomic mass is 79.9. The number of benzene rings is 1. The molecule has 1 N–H and O–H groups in total. The summed E-state index contributed by atoms with van der Waals surface area (Å²) in [5, 5.41) is 2.81. The van der Waals surface area contributed by atoms with Crippen LogP contribution in [-0.4, -0.2) is 19.0 Å². The molecule has 21 heavy (non-hydrogen) atoms. The maximum Gasteiger partial charge on any atom is 0.307 e. The van der Waals surface area contributed by atoms with Crippen molar-refractivity contribution in [2.45, 2.75) is 12.5 Å². The predicted octanol–water partition coefficient (Wildman–Crippen LogP) is 3.08. The average molecular weight is 352 g/mol. The quantitative estimate of drug-likeness (QED) is 0.840. The van der Waals surface area contributed by atoms with Crippen molar-refractivity contribution in [1.82, 2.24) is 5.32 Å². The predicted molar refractivity (Wildman–Crippen MR) is 79.7 cm³/mol. The Labute approximate surface area is 130 Å². The summed E-state index contributed by atoms with van der Waals surface area (Å²) in [4.78, 5) is 23.6. The molecule has 6 heteroatoms. The minimum absolute atomic E-state index is 0.0573. The SMILES string of the molecule is COC(=O)CC(NC(=O)c1ccoc1)c1ccc(Br)cc1. The van der Waals surface area contributed by atoms with Crippen LogP contribution in [0.15, 0.2) is 51.7 Å². The largest absolute Gasteiger partial charge is 0.472 e. The summed E-state index contributed by atoms with van der Waals surface area (Å²) in [5.74, 6) is -0.698. The van der Waals surface area contributed by atoms with Crippen molar-refractivity contribution >= 4 is 27.8 Å². The molecular weight excluding hydrogens is 338 g/mol. The van der Waals surface area contributed by atoms with Gasteiger partial charge in [0.2, 0.25) is 0 Å². The van der Waals surface area contributed by atoms with Crippen LogP contribution in [0.4, 0.5) is 0 Å². The summed E-state index contributed by atoms with van der Waals surface area (Å²) < 4.78 is 10.5. The number of ether oxygens (including phenoxy) is 1. The summed E-state index contributed by atoms with van der Waals surface area (Å²) in [6, 6.07) is 8.48. The minimum Gasteiger partial charge on any atom is -0.472 e. The zero-order valence-corrected chi connectivity index (χ0v) is 12.9. The van der Waals surface area contributed by atoms with Gasteiger partial charge in [0, 0.05) is 4.47 Å². The van der Waals surface area contributed by atoms with E-state index in [1.165, 1.54) is 19.6 Å². The number of hydrogen-bond donors (Lipinski definition) is 1. The number of carbonyl (C=O) groups is 2. The maximum atomic E-state index is 12.1. The van der Waals surface area contributed by atoms with Crippen LogP contribution in [0.2, 0.25) is 0 Å². The Hall–Kier alpha value is -2.08. The summed E-state index contributed by atoms with van der Waals surface area (Å²) in [6.07, 6.45) is 2.83. The highest BCUT2D eigenvalue weighted by molar-refractivity contribution is 9.10. The van der Waals surface area contributed by atoms with Crippen molar-refractivity contribution < 1.29 is 18.7 Å². The van der Waals surface area contributed by atoms with Crippen molar-refractivity contribution in [3.63, 3.8) is 0 Å². The highest BCUT2D eigenvalue weighted by Crippen LogP contribution is 2.21. The van der Waals surface area contributed by atoms with Gasteiger partial charge < -0.3 is 14.5 Å². The fraction of sp³-hybridized carbons (Fsp3) is 0.200. The molecular formula is C15H14BrNO4. The van der Waals surface area contributed by atoms with E-state index in [0.717, 1.165) is 10.0 Å². The average Bonchev–Trinajstić information content (AvgIpc) is 3.01. The molecule has 1 aromatic carbocycles. The highest BCUT2D eigenvalue weighted by Gasteiger charge is 2.20. The molecule has 5 nitrogen and oxygen atoms in total. The molecule has 0 bridgehead atoms. The van der Waals surface area contributed by atoms with Gasteiger partial charge in [0.05, 0.1) is 31.4 Å². The summed E-state index contributed by atoms with van der Waals surface area (Å²) >= 11 is 3.35.